The summed E-state index contributed by atoms with van der Waals surface area (Å²) in [5.74, 6) is 2.41. The Hall–Kier alpha value is -1.76. The summed E-state index contributed by atoms with van der Waals surface area (Å²) in [6, 6.07) is 6.22. The van der Waals surface area contributed by atoms with Crippen molar-refractivity contribution in [2.45, 2.75) is 60.9 Å². The van der Waals surface area contributed by atoms with Crippen molar-refractivity contribution in [2.24, 2.45) is 16.3 Å². The number of guanidine groups is 1. The van der Waals surface area contributed by atoms with E-state index in [0.717, 1.165) is 30.2 Å². The number of hydrogen-bond acceptors (Lipinski definition) is 4. The smallest absolute Gasteiger partial charge is 0.191 e. The topological polar surface area (TPSA) is 79.8 Å². The number of benzene rings is 1. The molecule has 30 heavy (non-hydrogen) atoms. The molecule has 2 N–H and O–H groups in total. The van der Waals surface area contributed by atoms with Crippen LogP contribution in [0.2, 0.25) is 0 Å². The van der Waals surface area contributed by atoms with Crippen LogP contribution in [0.25, 0.3) is 0 Å². The number of aliphatic imine (C=N–C) groups is 1. The molecule has 1 aromatic rings. The highest BCUT2D eigenvalue weighted by Crippen LogP contribution is 2.22. The van der Waals surface area contributed by atoms with Gasteiger partial charge in [-0.15, -0.1) is 0 Å². The fourth-order valence-electron chi connectivity index (χ4n) is 2.71. The van der Waals surface area contributed by atoms with Crippen LogP contribution >= 0.6 is 0 Å². The van der Waals surface area contributed by atoms with Crippen molar-refractivity contribution in [1.82, 2.24) is 10.6 Å². The van der Waals surface area contributed by atoms with Crippen LogP contribution in [0.5, 0.6) is 5.75 Å². The lowest BCUT2D eigenvalue weighted by Crippen LogP contribution is -2.42. The Balaban J connectivity index is 2.80. The molecule has 0 atom stereocenters. The van der Waals surface area contributed by atoms with Crippen molar-refractivity contribution >= 4 is 15.8 Å². The van der Waals surface area contributed by atoms with Crippen molar-refractivity contribution in [3.63, 3.8) is 0 Å². The molecule has 0 saturated carbocycles. The van der Waals surface area contributed by atoms with Crippen LogP contribution < -0.4 is 15.4 Å². The summed E-state index contributed by atoms with van der Waals surface area (Å²) in [4.78, 5) is 4.73. The van der Waals surface area contributed by atoms with Crippen molar-refractivity contribution in [2.75, 3.05) is 31.7 Å². The normalized spacial score (nSPS) is 12.9. The number of nitrogens with zero attached hydrogens (tertiary/aromatic N) is 1. The maximum absolute atomic E-state index is 11.5. The Morgan fingerprint density at radius 2 is 1.93 bits per heavy atom. The average molecular weight is 440 g/mol. The lowest BCUT2D eigenvalue weighted by molar-refractivity contribution is 0.287. The third kappa shape index (κ3) is 11.4. The fourth-order valence-corrected chi connectivity index (χ4v) is 3.63. The highest BCUT2D eigenvalue weighted by molar-refractivity contribution is 7.90. The third-order valence-corrected chi connectivity index (χ3v) is 5.76. The highest BCUT2D eigenvalue weighted by Gasteiger charge is 2.20. The molecule has 1 rings (SSSR count). The Kier molecular flexibility index (Phi) is 10.7. The molecular weight excluding hydrogens is 398 g/mol. The van der Waals surface area contributed by atoms with Gasteiger partial charge >= 0.3 is 0 Å². The molecule has 7 heteroatoms. The maximum Gasteiger partial charge on any atom is 0.191 e. The number of sulfone groups is 1. The molecule has 0 unspecified atom stereocenters. The summed E-state index contributed by atoms with van der Waals surface area (Å²) >= 11 is 0. The minimum atomic E-state index is -2.96. The molecule has 6 nitrogen and oxygen atoms in total. The first-order valence-electron chi connectivity index (χ1n) is 10.8. The molecule has 0 aliphatic carbocycles. The van der Waals surface area contributed by atoms with Crippen molar-refractivity contribution in [1.29, 1.82) is 0 Å². The molecule has 0 aliphatic rings. The van der Waals surface area contributed by atoms with Crippen LogP contribution in [0.4, 0.5) is 0 Å². The molecule has 0 amide bonds. The predicted octanol–water partition coefficient (Wildman–Crippen LogP) is 3.94. The molecule has 0 heterocycles. The van der Waals surface area contributed by atoms with E-state index in [1.165, 1.54) is 11.8 Å². The van der Waals surface area contributed by atoms with Crippen LogP contribution in [0.1, 0.15) is 58.6 Å². The minimum Gasteiger partial charge on any atom is -0.493 e. The average Bonchev–Trinajstić information content (AvgIpc) is 2.63. The molecule has 1 aromatic carbocycles. The zero-order valence-corrected chi connectivity index (χ0v) is 20.7. The van der Waals surface area contributed by atoms with Crippen LogP contribution in [0.3, 0.4) is 0 Å². The van der Waals surface area contributed by atoms with Crippen molar-refractivity contribution in [3.05, 3.63) is 29.3 Å². The summed E-state index contributed by atoms with van der Waals surface area (Å²) in [7, 11) is -2.96. The quantitative estimate of drug-likeness (QED) is 0.381. The van der Waals surface area contributed by atoms with Crippen LogP contribution in [0, 0.1) is 18.3 Å². The van der Waals surface area contributed by atoms with Crippen molar-refractivity contribution in [3.8, 4) is 5.75 Å². The maximum atomic E-state index is 11.5. The lowest BCUT2D eigenvalue weighted by atomic mass is 9.90. The molecule has 0 fully saturated rings. The number of hydrogen-bond donors (Lipinski definition) is 2. The summed E-state index contributed by atoms with van der Waals surface area (Å²) < 4.78 is 29.0. The van der Waals surface area contributed by atoms with Crippen LogP contribution in [-0.2, 0) is 16.4 Å². The van der Waals surface area contributed by atoms with Gasteiger partial charge < -0.3 is 15.4 Å². The molecule has 0 aliphatic heterocycles. The Labute approximate surface area is 183 Å². The lowest BCUT2D eigenvalue weighted by Gasteiger charge is -2.26. The van der Waals surface area contributed by atoms with Crippen LogP contribution in [0.15, 0.2) is 23.2 Å². The zero-order valence-electron chi connectivity index (χ0n) is 19.8. The van der Waals surface area contributed by atoms with Gasteiger partial charge in [0, 0.05) is 24.9 Å². The van der Waals surface area contributed by atoms with Gasteiger partial charge in [-0.1, -0.05) is 39.8 Å². The van der Waals surface area contributed by atoms with E-state index in [1.807, 2.05) is 6.92 Å². The van der Waals surface area contributed by atoms with E-state index < -0.39 is 9.84 Å². The second kappa shape index (κ2) is 12.2. The van der Waals surface area contributed by atoms with E-state index in [1.54, 1.807) is 0 Å². The Morgan fingerprint density at radius 1 is 1.23 bits per heavy atom. The van der Waals surface area contributed by atoms with E-state index in [4.69, 9.17) is 9.73 Å². The molecule has 0 spiro atoms. The van der Waals surface area contributed by atoms with Gasteiger partial charge in [0.1, 0.15) is 15.6 Å². The Morgan fingerprint density at radius 3 is 2.53 bits per heavy atom. The molecule has 0 aromatic heterocycles. The van der Waals surface area contributed by atoms with Crippen LogP contribution in [-0.4, -0.2) is 46.1 Å². The van der Waals surface area contributed by atoms with Gasteiger partial charge in [-0.3, -0.25) is 0 Å². The second-order valence-corrected chi connectivity index (χ2v) is 11.5. The minimum absolute atomic E-state index is 0.158. The predicted molar refractivity (Wildman–Crippen MR) is 127 cm³/mol. The first-order valence-corrected chi connectivity index (χ1v) is 12.9. The van der Waals surface area contributed by atoms with Gasteiger partial charge in [-0.05, 0) is 49.7 Å². The van der Waals surface area contributed by atoms with Gasteiger partial charge in [0.15, 0.2) is 5.96 Å². The molecule has 0 saturated heterocycles. The van der Waals surface area contributed by atoms with Gasteiger partial charge in [-0.2, -0.15) is 0 Å². The van der Waals surface area contributed by atoms with E-state index in [0.29, 0.717) is 32.0 Å². The van der Waals surface area contributed by atoms with E-state index in [-0.39, 0.29) is 11.2 Å². The van der Waals surface area contributed by atoms with Crippen molar-refractivity contribution < 1.29 is 13.2 Å². The number of aryl methyl sites for hydroxylation is 1. The summed E-state index contributed by atoms with van der Waals surface area (Å²) in [5.41, 5.74) is 2.06. The first kappa shape index (κ1) is 26.3. The van der Waals surface area contributed by atoms with Gasteiger partial charge in [0.2, 0.25) is 0 Å². The monoisotopic (exact) mass is 439 g/mol. The third-order valence-electron chi connectivity index (χ3n) is 4.81. The fraction of sp³-hybridized carbons (Fsp3) is 0.696. The molecular formula is C23H41N3O3S. The number of nitrogens with one attached hydrogen (secondary N) is 2. The Bertz CT molecular complexity index is 787. The summed E-state index contributed by atoms with van der Waals surface area (Å²) in [5, 5.41) is 6.63. The number of ether oxygens (including phenoxy) is 1. The highest BCUT2D eigenvalue weighted by atomic mass is 32.2. The van der Waals surface area contributed by atoms with Gasteiger partial charge in [0.05, 0.1) is 18.9 Å². The zero-order chi connectivity index (χ0) is 22.8. The van der Waals surface area contributed by atoms with Gasteiger partial charge in [0.25, 0.3) is 0 Å². The summed E-state index contributed by atoms with van der Waals surface area (Å²) in [6.07, 6.45) is 2.90. The van der Waals surface area contributed by atoms with Gasteiger partial charge in [-0.25, -0.2) is 13.4 Å². The molecule has 172 valence electrons. The standard InChI is InChI=1S/C23H41N3O3S/c1-8-24-22(26-17-23(5,6)12-14-30(7,27)28)25-16-20-10-9-19(4)15-21(20)29-13-11-18(2)3/h9-10,15,18H,8,11-14,16-17H2,1-7H3,(H2,24,25,26). The summed E-state index contributed by atoms with van der Waals surface area (Å²) in [6.45, 7) is 15.2. The first-order chi connectivity index (χ1) is 13.9. The second-order valence-electron chi connectivity index (χ2n) is 9.23. The van der Waals surface area contributed by atoms with E-state index >= 15 is 0 Å². The SMILES string of the molecule is CCNC(=NCc1ccc(C)cc1OCCC(C)C)NCC(C)(C)CCS(C)(=O)=O. The number of rotatable bonds is 12. The molecule has 0 radical (unpaired) electrons. The van der Waals surface area contributed by atoms with E-state index in [9.17, 15) is 8.42 Å². The molecule has 0 bridgehead atoms. The van der Waals surface area contributed by atoms with E-state index in [2.05, 4.69) is 63.5 Å². The largest absolute Gasteiger partial charge is 0.493 e.